The fourth-order valence-corrected chi connectivity index (χ4v) is 2.90. The first kappa shape index (κ1) is 16.1. The van der Waals surface area contributed by atoms with E-state index in [0.29, 0.717) is 18.9 Å². The van der Waals surface area contributed by atoms with Crippen molar-refractivity contribution in [2.45, 2.75) is 58.2 Å². The number of amides is 1. The lowest BCUT2D eigenvalue weighted by Crippen LogP contribution is -2.58. The molecule has 0 radical (unpaired) electrons. The third-order valence-electron chi connectivity index (χ3n) is 4.21. The van der Waals surface area contributed by atoms with Crippen LogP contribution in [0.4, 0.5) is 4.79 Å². The minimum Gasteiger partial charge on any atom is -0.481 e. The standard InChI is InChI=1S/C15H25NO5/c1-14(2,3)21-13(20)16-7-6-11(17)15(9-16,12(18)19)8-10-4-5-10/h10-11,17H,4-9H2,1-3H3,(H,18,19). The van der Waals surface area contributed by atoms with Crippen LogP contribution in [0.1, 0.15) is 46.5 Å². The largest absolute Gasteiger partial charge is 0.481 e. The predicted molar refractivity (Wildman–Crippen MR) is 75.8 cm³/mol. The lowest BCUT2D eigenvalue weighted by Gasteiger charge is -2.43. The minimum absolute atomic E-state index is 0.0227. The number of carbonyl (C=O) groups is 2. The minimum atomic E-state index is -1.25. The lowest BCUT2D eigenvalue weighted by molar-refractivity contribution is -0.164. The highest BCUT2D eigenvalue weighted by atomic mass is 16.6. The van der Waals surface area contributed by atoms with Crippen molar-refractivity contribution in [3.63, 3.8) is 0 Å². The first-order chi connectivity index (χ1) is 9.64. The quantitative estimate of drug-likeness (QED) is 0.830. The van der Waals surface area contributed by atoms with E-state index >= 15 is 0 Å². The smallest absolute Gasteiger partial charge is 0.410 e. The number of carbonyl (C=O) groups excluding carboxylic acids is 1. The summed E-state index contributed by atoms with van der Waals surface area (Å²) in [6.07, 6.45) is 1.31. The number of rotatable bonds is 3. The van der Waals surface area contributed by atoms with E-state index in [1.807, 2.05) is 0 Å². The molecule has 6 nitrogen and oxygen atoms in total. The molecule has 0 aromatic rings. The summed E-state index contributed by atoms with van der Waals surface area (Å²) in [6.45, 7) is 5.68. The second kappa shape index (κ2) is 5.48. The van der Waals surface area contributed by atoms with Crippen molar-refractivity contribution in [3.8, 4) is 0 Å². The summed E-state index contributed by atoms with van der Waals surface area (Å²) in [4.78, 5) is 25.4. The molecule has 120 valence electrons. The van der Waals surface area contributed by atoms with E-state index in [4.69, 9.17) is 4.74 Å². The van der Waals surface area contributed by atoms with Gasteiger partial charge in [-0.15, -0.1) is 0 Å². The summed E-state index contributed by atoms with van der Waals surface area (Å²) in [5.74, 6) is -0.663. The van der Waals surface area contributed by atoms with Crippen molar-refractivity contribution in [2.75, 3.05) is 13.1 Å². The van der Waals surface area contributed by atoms with E-state index in [1.54, 1.807) is 20.8 Å². The number of carboxylic acids is 1. The van der Waals surface area contributed by atoms with Crippen LogP contribution in [0.5, 0.6) is 0 Å². The summed E-state index contributed by atoms with van der Waals surface area (Å²) in [5, 5.41) is 19.9. The summed E-state index contributed by atoms with van der Waals surface area (Å²) < 4.78 is 5.32. The summed E-state index contributed by atoms with van der Waals surface area (Å²) in [6, 6.07) is 0. The fourth-order valence-electron chi connectivity index (χ4n) is 2.90. The van der Waals surface area contributed by atoms with Crippen molar-refractivity contribution in [1.29, 1.82) is 0 Å². The van der Waals surface area contributed by atoms with E-state index in [9.17, 15) is 19.8 Å². The molecule has 2 fully saturated rings. The van der Waals surface area contributed by atoms with Gasteiger partial charge < -0.3 is 19.8 Å². The van der Waals surface area contributed by atoms with E-state index in [-0.39, 0.29) is 13.0 Å². The Bertz CT molecular complexity index is 426. The van der Waals surface area contributed by atoms with Crippen LogP contribution in [-0.4, -0.2) is 52.0 Å². The van der Waals surface area contributed by atoms with Gasteiger partial charge in [-0.3, -0.25) is 4.79 Å². The molecular weight excluding hydrogens is 274 g/mol. The maximum atomic E-state index is 12.2. The molecule has 1 aliphatic carbocycles. The molecule has 2 rings (SSSR count). The van der Waals surface area contributed by atoms with Crippen molar-refractivity contribution >= 4 is 12.1 Å². The monoisotopic (exact) mass is 299 g/mol. The molecule has 0 aromatic heterocycles. The molecule has 2 aliphatic rings. The number of aliphatic hydroxyl groups excluding tert-OH is 1. The van der Waals surface area contributed by atoms with Crippen LogP contribution in [0.2, 0.25) is 0 Å². The molecule has 1 saturated carbocycles. The molecule has 1 heterocycles. The molecule has 0 aromatic carbocycles. The highest BCUT2D eigenvalue weighted by Crippen LogP contribution is 2.45. The van der Waals surface area contributed by atoms with Gasteiger partial charge in [-0.2, -0.15) is 0 Å². The van der Waals surface area contributed by atoms with E-state index < -0.39 is 29.2 Å². The van der Waals surface area contributed by atoms with Gasteiger partial charge in [0.1, 0.15) is 11.0 Å². The first-order valence-corrected chi connectivity index (χ1v) is 7.53. The van der Waals surface area contributed by atoms with Crippen LogP contribution >= 0.6 is 0 Å². The van der Waals surface area contributed by atoms with Crippen LogP contribution < -0.4 is 0 Å². The number of carboxylic acid groups (broad SMARTS) is 1. The third-order valence-corrected chi connectivity index (χ3v) is 4.21. The highest BCUT2D eigenvalue weighted by molar-refractivity contribution is 5.78. The Morgan fingerprint density at radius 2 is 1.90 bits per heavy atom. The normalized spacial score (nSPS) is 30.1. The Labute approximate surface area is 125 Å². The average Bonchev–Trinajstić information content (AvgIpc) is 3.13. The van der Waals surface area contributed by atoms with Crippen molar-refractivity contribution in [1.82, 2.24) is 4.90 Å². The van der Waals surface area contributed by atoms with Crippen LogP contribution in [0.15, 0.2) is 0 Å². The molecular formula is C15H25NO5. The first-order valence-electron chi connectivity index (χ1n) is 7.53. The Morgan fingerprint density at radius 3 is 2.38 bits per heavy atom. The zero-order chi connectivity index (χ0) is 15.8. The second-order valence-electron chi connectivity index (χ2n) is 7.32. The topological polar surface area (TPSA) is 87.1 Å². The van der Waals surface area contributed by atoms with Crippen LogP contribution in [-0.2, 0) is 9.53 Å². The predicted octanol–water partition coefficient (Wildman–Crippen LogP) is 1.86. The molecule has 0 spiro atoms. The van der Waals surface area contributed by atoms with E-state index in [1.165, 1.54) is 4.90 Å². The van der Waals surface area contributed by atoms with Gasteiger partial charge in [0, 0.05) is 13.1 Å². The van der Waals surface area contributed by atoms with Gasteiger partial charge in [-0.05, 0) is 39.5 Å². The molecule has 0 bridgehead atoms. The van der Waals surface area contributed by atoms with Gasteiger partial charge in [0.2, 0.25) is 0 Å². The number of likely N-dealkylation sites (tertiary alicyclic amines) is 1. The molecule has 21 heavy (non-hydrogen) atoms. The van der Waals surface area contributed by atoms with Crippen molar-refractivity contribution in [3.05, 3.63) is 0 Å². The maximum absolute atomic E-state index is 12.2. The molecule has 2 atom stereocenters. The lowest BCUT2D eigenvalue weighted by atomic mass is 9.73. The van der Waals surface area contributed by atoms with Crippen molar-refractivity contribution in [2.24, 2.45) is 11.3 Å². The molecule has 2 N–H and O–H groups in total. The van der Waals surface area contributed by atoms with Crippen LogP contribution in [0, 0.1) is 11.3 Å². The Kier molecular flexibility index (Phi) is 4.19. The van der Waals surface area contributed by atoms with Gasteiger partial charge >= 0.3 is 12.1 Å². The SMILES string of the molecule is CC(C)(C)OC(=O)N1CCC(O)C(CC2CC2)(C(=O)O)C1. The third kappa shape index (κ3) is 3.67. The highest BCUT2D eigenvalue weighted by Gasteiger charge is 2.52. The van der Waals surface area contributed by atoms with E-state index in [2.05, 4.69) is 0 Å². The van der Waals surface area contributed by atoms with Crippen LogP contribution in [0.3, 0.4) is 0 Å². The summed E-state index contributed by atoms with van der Waals surface area (Å²) in [5.41, 5.74) is -1.87. The number of aliphatic carboxylic acids is 1. The van der Waals surface area contributed by atoms with Crippen LogP contribution in [0.25, 0.3) is 0 Å². The van der Waals surface area contributed by atoms with Gasteiger partial charge in [-0.25, -0.2) is 4.79 Å². The number of hydrogen-bond donors (Lipinski definition) is 2. The molecule has 2 unspecified atom stereocenters. The summed E-state index contributed by atoms with van der Waals surface area (Å²) in [7, 11) is 0. The Hall–Kier alpha value is -1.30. The van der Waals surface area contributed by atoms with Gasteiger partial charge in [0.05, 0.1) is 6.10 Å². The van der Waals surface area contributed by atoms with Crippen molar-refractivity contribution < 1.29 is 24.5 Å². The Morgan fingerprint density at radius 1 is 1.29 bits per heavy atom. The number of nitrogens with zero attached hydrogens (tertiary/aromatic N) is 1. The Balaban J connectivity index is 2.13. The average molecular weight is 299 g/mol. The summed E-state index contributed by atoms with van der Waals surface area (Å²) >= 11 is 0. The zero-order valence-electron chi connectivity index (χ0n) is 13.0. The van der Waals surface area contributed by atoms with Gasteiger partial charge in [-0.1, -0.05) is 12.8 Å². The molecule has 1 amide bonds. The molecule has 1 saturated heterocycles. The molecule has 1 aliphatic heterocycles. The molecule has 6 heteroatoms. The number of hydrogen-bond acceptors (Lipinski definition) is 4. The maximum Gasteiger partial charge on any atom is 0.410 e. The second-order valence-corrected chi connectivity index (χ2v) is 7.32. The number of aliphatic hydroxyl groups is 1. The number of ether oxygens (including phenoxy) is 1. The number of piperidine rings is 1. The van der Waals surface area contributed by atoms with Gasteiger partial charge in [0.15, 0.2) is 0 Å². The van der Waals surface area contributed by atoms with Gasteiger partial charge in [0.25, 0.3) is 0 Å². The van der Waals surface area contributed by atoms with E-state index in [0.717, 1.165) is 12.8 Å². The zero-order valence-corrected chi connectivity index (χ0v) is 13.0. The fraction of sp³-hybridized carbons (Fsp3) is 0.867.